The van der Waals surface area contributed by atoms with Crippen LogP contribution in [0.3, 0.4) is 0 Å². The van der Waals surface area contributed by atoms with E-state index in [1.54, 1.807) is 33.2 Å². The zero-order valence-electron chi connectivity index (χ0n) is 17.9. The zero-order chi connectivity index (χ0) is 21.7. The minimum absolute atomic E-state index is 0.343. The third-order valence-electron chi connectivity index (χ3n) is 4.04. The molecule has 0 aliphatic heterocycles. The van der Waals surface area contributed by atoms with Gasteiger partial charge in [0, 0.05) is 12.4 Å². The van der Waals surface area contributed by atoms with Gasteiger partial charge in [-0.3, -0.25) is 14.8 Å². The molecule has 0 radical (unpaired) electrons. The van der Waals surface area contributed by atoms with Gasteiger partial charge in [-0.25, -0.2) is 4.79 Å². The van der Waals surface area contributed by atoms with E-state index in [9.17, 15) is 9.59 Å². The van der Waals surface area contributed by atoms with Crippen molar-refractivity contribution in [3.8, 4) is 0 Å². The molecule has 1 atom stereocenters. The fourth-order valence-electron chi connectivity index (χ4n) is 2.72. The van der Waals surface area contributed by atoms with Gasteiger partial charge in [0.2, 0.25) is 5.91 Å². The van der Waals surface area contributed by atoms with Crippen molar-refractivity contribution in [2.75, 3.05) is 0 Å². The monoisotopic (exact) mass is 398 g/mol. The first-order chi connectivity index (χ1) is 13.5. The predicted octanol–water partition coefficient (Wildman–Crippen LogP) is 3.62. The molecule has 7 nitrogen and oxygen atoms in total. The predicted molar refractivity (Wildman–Crippen MR) is 111 cm³/mol. The Labute approximate surface area is 172 Å². The molecule has 0 aromatic carbocycles. The third kappa shape index (κ3) is 6.85. The highest BCUT2D eigenvalue weighted by atomic mass is 16.6. The lowest BCUT2D eigenvalue weighted by atomic mass is 9.86. The molecular formula is C22H30N4O3. The molecule has 0 unspecified atom stereocenters. The van der Waals surface area contributed by atoms with E-state index in [4.69, 9.17) is 4.74 Å². The Balaban J connectivity index is 2.28. The molecule has 0 fully saturated rings. The Kier molecular flexibility index (Phi) is 6.95. The summed E-state index contributed by atoms with van der Waals surface area (Å²) in [5.41, 5.74) is 0.113. The summed E-state index contributed by atoms with van der Waals surface area (Å²) in [6, 6.07) is 9.61. The van der Waals surface area contributed by atoms with Gasteiger partial charge in [-0.05, 0) is 50.5 Å². The Morgan fingerprint density at radius 1 is 0.862 bits per heavy atom. The van der Waals surface area contributed by atoms with Crippen LogP contribution in [0, 0.1) is 5.41 Å². The average molecular weight is 399 g/mol. The quantitative estimate of drug-likeness (QED) is 0.802. The number of alkyl carbamates (subject to hydrolysis) is 1. The first kappa shape index (κ1) is 22.3. The molecule has 0 saturated heterocycles. The minimum Gasteiger partial charge on any atom is -0.444 e. The number of hydrogen-bond donors (Lipinski definition) is 2. The first-order valence-corrected chi connectivity index (χ1v) is 9.59. The van der Waals surface area contributed by atoms with Crippen LogP contribution in [0.1, 0.15) is 59.0 Å². The summed E-state index contributed by atoms with van der Waals surface area (Å²) in [5, 5.41) is 5.70. The lowest BCUT2D eigenvalue weighted by molar-refractivity contribution is -0.126. The van der Waals surface area contributed by atoms with Crippen LogP contribution in [0.4, 0.5) is 4.79 Å². The molecule has 29 heavy (non-hydrogen) atoms. The topological polar surface area (TPSA) is 93.2 Å². The number of ether oxygens (including phenoxy) is 1. The van der Waals surface area contributed by atoms with Crippen LogP contribution in [0.15, 0.2) is 48.8 Å². The van der Waals surface area contributed by atoms with Crippen LogP contribution >= 0.6 is 0 Å². The van der Waals surface area contributed by atoms with E-state index in [0.717, 1.165) is 0 Å². The van der Waals surface area contributed by atoms with Gasteiger partial charge in [0.05, 0.1) is 11.4 Å². The molecule has 2 aromatic heterocycles. The Bertz CT molecular complexity index is 772. The highest BCUT2D eigenvalue weighted by molar-refractivity contribution is 5.87. The fraction of sp³-hybridized carbons (Fsp3) is 0.455. The standard InChI is InChI=1S/C22H30N4O3/c1-21(2,3)18(26-20(28)29-22(4,5)6)19(27)25-17(15-11-7-9-13-23-15)16-12-8-10-14-24-16/h7-14,17-18H,1-6H3,(H,25,27)(H,26,28)/t18-/m1/s1. The van der Waals surface area contributed by atoms with Crippen LogP contribution in [-0.2, 0) is 9.53 Å². The van der Waals surface area contributed by atoms with Crippen molar-refractivity contribution < 1.29 is 14.3 Å². The molecule has 0 aliphatic rings. The molecule has 2 aromatic rings. The van der Waals surface area contributed by atoms with E-state index in [2.05, 4.69) is 20.6 Å². The molecule has 7 heteroatoms. The van der Waals surface area contributed by atoms with E-state index >= 15 is 0 Å². The maximum atomic E-state index is 13.2. The number of rotatable bonds is 5. The Hall–Kier alpha value is -2.96. The van der Waals surface area contributed by atoms with Crippen LogP contribution in [-0.4, -0.2) is 33.6 Å². The van der Waals surface area contributed by atoms with Gasteiger partial charge in [0.15, 0.2) is 0 Å². The van der Waals surface area contributed by atoms with Gasteiger partial charge in [-0.2, -0.15) is 0 Å². The van der Waals surface area contributed by atoms with Gasteiger partial charge in [0.25, 0.3) is 0 Å². The van der Waals surface area contributed by atoms with Crippen LogP contribution < -0.4 is 10.6 Å². The number of aromatic nitrogens is 2. The number of carbonyl (C=O) groups excluding carboxylic acids is 2. The summed E-state index contributed by atoms with van der Waals surface area (Å²) < 4.78 is 5.33. The Morgan fingerprint density at radius 3 is 1.76 bits per heavy atom. The summed E-state index contributed by atoms with van der Waals surface area (Å²) in [6.45, 7) is 11.0. The maximum Gasteiger partial charge on any atom is 0.408 e. The molecule has 2 N–H and O–H groups in total. The van der Waals surface area contributed by atoms with Crippen LogP contribution in [0.25, 0.3) is 0 Å². The van der Waals surface area contributed by atoms with E-state index in [-0.39, 0.29) is 5.91 Å². The molecule has 0 aliphatic carbocycles. The highest BCUT2D eigenvalue weighted by Crippen LogP contribution is 2.23. The average Bonchev–Trinajstić information content (AvgIpc) is 2.63. The summed E-state index contributed by atoms with van der Waals surface area (Å²) in [4.78, 5) is 34.3. The summed E-state index contributed by atoms with van der Waals surface area (Å²) >= 11 is 0. The lowest BCUT2D eigenvalue weighted by Gasteiger charge is -2.32. The van der Waals surface area contributed by atoms with Gasteiger partial charge in [0.1, 0.15) is 17.7 Å². The van der Waals surface area contributed by atoms with Crippen molar-refractivity contribution in [3.63, 3.8) is 0 Å². The number of hydrogen-bond acceptors (Lipinski definition) is 5. The smallest absolute Gasteiger partial charge is 0.408 e. The SMILES string of the molecule is CC(C)(C)OC(=O)N[C@H](C(=O)NC(c1ccccn1)c1ccccn1)C(C)(C)C. The number of nitrogens with one attached hydrogen (secondary N) is 2. The van der Waals surface area contributed by atoms with E-state index < -0.39 is 29.2 Å². The molecule has 2 amide bonds. The molecule has 156 valence electrons. The Morgan fingerprint density at radius 2 is 1.38 bits per heavy atom. The van der Waals surface area contributed by atoms with Gasteiger partial charge in [-0.1, -0.05) is 32.9 Å². The highest BCUT2D eigenvalue weighted by Gasteiger charge is 2.35. The van der Waals surface area contributed by atoms with Crippen molar-refractivity contribution in [3.05, 3.63) is 60.2 Å². The minimum atomic E-state index is -0.813. The lowest BCUT2D eigenvalue weighted by Crippen LogP contribution is -2.55. The van der Waals surface area contributed by atoms with E-state index in [1.807, 2.05) is 57.2 Å². The van der Waals surface area contributed by atoms with E-state index in [1.165, 1.54) is 0 Å². The first-order valence-electron chi connectivity index (χ1n) is 9.59. The number of pyridine rings is 2. The van der Waals surface area contributed by atoms with Crippen molar-refractivity contribution in [2.24, 2.45) is 5.41 Å². The maximum absolute atomic E-state index is 13.2. The largest absolute Gasteiger partial charge is 0.444 e. The van der Waals surface area contributed by atoms with Gasteiger partial charge in [-0.15, -0.1) is 0 Å². The summed E-state index contributed by atoms with van der Waals surface area (Å²) in [6.07, 6.45) is 2.69. The number of nitrogens with zero attached hydrogens (tertiary/aromatic N) is 2. The third-order valence-corrected chi connectivity index (χ3v) is 4.04. The number of carbonyl (C=O) groups is 2. The second kappa shape index (κ2) is 9.03. The van der Waals surface area contributed by atoms with Crippen molar-refractivity contribution in [1.29, 1.82) is 0 Å². The normalized spacial score (nSPS) is 12.9. The number of amides is 2. The van der Waals surface area contributed by atoms with Crippen LogP contribution in [0.5, 0.6) is 0 Å². The van der Waals surface area contributed by atoms with Gasteiger partial charge < -0.3 is 15.4 Å². The molecule has 2 heterocycles. The second-order valence-electron chi connectivity index (χ2n) is 8.90. The van der Waals surface area contributed by atoms with E-state index in [0.29, 0.717) is 11.4 Å². The van der Waals surface area contributed by atoms with Crippen molar-refractivity contribution in [1.82, 2.24) is 20.6 Å². The molecular weight excluding hydrogens is 368 g/mol. The fourth-order valence-corrected chi connectivity index (χ4v) is 2.72. The van der Waals surface area contributed by atoms with Crippen molar-refractivity contribution in [2.45, 2.75) is 59.2 Å². The molecule has 0 spiro atoms. The summed E-state index contributed by atoms with van der Waals surface area (Å²) in [5.74, 6) is -0.343. The molecule has 0 bridgehead atoms. The van der Waals surface area contributed by atoms with Gasteiger partial charge >= 0.3 is 6.09 Å². The zero-order valence-corrected chi connectivity index (χ0v) is 17.9. The molecule has 0 saturated carbocycles. The van der Waals surface area contributed by atoms with Crippen molar-refractivity contribution >= 4 is 12.0 Å². The molecule has 2 rings (SSSR count). The van der Waals surface area contributed by atoms with Crippen LogP contribution in [0.2, 0.25) is 0 Å². The summed E-state index contributed by atoms with van der Waals surface area (Å²) in [7, 11) is 0. The second-order valence-corrected chi connectivity index (χ2v) is 8.90.